The zero-order valence-corrected chi connectivity index (χ0v) is 9.07. The number of aliphatic hydroxyl groups is 1. The lowest BCUT2D eigenvalue weighted by atomic mass is 10.2. The molecule has 2 rings (SSSR count). The molecule has 7 nitrogen and oxygen atoms in total. The van der Waals surface area contributed by atoms with Crippen molar-refractivity contribution >= 4 is 12.1 Å². The lowest BCUT2D eigenvalue weighted by molar-refractivity contribution is -0.0245. The quantitative estimate of drug-likeness (QED) is 0.676. The summed E-state index contributed by atoms with van der Waals surface area (Å²) in [6.07, 6.45) is 2.36. The van der Waals surface area contributed by atoms with Crippen molar-refractivity contribution < 1.29 is 14.6 Å². The minimum Gasteiger partial charge on any atom is -0.394 e. The second-order valence-corrected chi connectivity index (χ2v) is 3.86. The summed E-state index contributed by atoms with van der Waals surface area (Å²) in [5.74, 6) is -0.0852. The van der Waals surface area contributed by atoms with Gasteiger partial charge < -0.3 is 15.6 Å². The van der Waals surface area contributed by atoms with E-state index >= 15 is 0 Å². The van der Waals surface area contributed by atoms with Gasteiger partial charge in [-0.1, -0.05) is 0 Å². The number of nitrogens with zero attached hydrogens (tertiary/aromatic N) is 2. The second kappa shape index (κ2) is 4.64. The van der Waals surface area contributed by atoms with Crippen molar-refractivity contribution in [3.05, 3.63) is 22.2 Å². The van der Waals surface area contributed by atoms with Gasteiger partial charge >= 0.3 is 5.69 Å². The largest absolute Gasteiger partial charge is 0.394 e. The Hall–Kier alpha value is -1.73. The molecular formula is C10H13N3O4. The van der Waals surface area contributed by atoms with Crippen molar-refractivity contribution in [3.8, 4) is 0 Å². The number of carbonyl (C=O) groups excluding carboxylic acids is 1. The van der Waals surface area contributed by atoms with Gasteiger partial charge in [0.2, 0.25) is 0 Å². The third-order valence-electron chi connectivity index (χ3n) is 2.74. The van der Waals surface area contributed by atoms with Crippen LogP contribution >= 0.6 is 0 Å². The SMILES string of the molecule is Nc1nc(=O)n(C2CCC(CO)O2)cc1C=O. The van der Waals surface area contributed by atoms with E-state index in [1.807, 2.05) is 0 Å². The Morgan fingerprint density at radius 3 is 3.00 bits per heavy atom. The number of carbonyl (C=O) groups is 1. The highest BCUT2D eigenvalue weighted by atomic mass is 16.5. The zero-order chi connectivity index (χ0) is 12.4. The summed E-state index contributed by atoms with van der Waals surface area (Å²) < 4.78 is 6.66. The molecule has 2 unspecified atom stereocenters. The van der Waals surface area contributed by atoms with Crippen LogP contribution in [0.5, 0.6) is 0 Å². The predicted molar refractivity (Wildman–Crippen MR) is 58.5 cm³/mol. The molecule has 1 aromatic rings. The Labute approximate surface area is 96.8 Å². The van der Waals surface area contributed by atoms with Crippen LogP contribution in [0.15, 0.2) is 11.0 Å². The van der Waals surface area contributed by atoms with Gasteiger partial charge in [0.05, 0.1) is 18.3 Å². The van der Waals surface area contributed by atoms with Crippen molar-refractivity contribution in [1.29, 1.82) is 0 Å². The minimum atomic E-state index is -0.559. The van der Waals surface area contributed by atoms with Gasteiger partial charge in [-0.05, 0) is 12.8 Å². The molecule has 0 bridgehead atoms. The van der Waals surface area contributed by atoms with Gasteiger partial charge in [0.15, 0.2) is 6.29 Å². The van der Waals surface area contributed by atoms with Crippen LogP contribution in [0.2, 0.25) is 0 Å². The summed E-state index contributed by atoms with van der Waals surface area (Å²) in [5.41, 5.74) is 5.01. The molecular weight excluding hydrogens is 226 g/mol. The molecule has 2 atom stereocenters. The molecule has 0 spiro atoms. The number of nitrogen functional groups attached to an aromatic ring is 1. The third-order valence-corrected chi connectivity index (χ3v) is 2.74. The van der Waals surface area contributed by atoms with Gasteiger partial charge in [-0.25, -0.2) is 4.79 Å². The van der Waals surface area contributed by atoms with E-state index in [4.69, 9.17) is 15.6 Å². The fourth-order valence-corrected chi connectivity index (χ4v) is 1.82. The van der Waals surface area contributed by atoms with Crippen molar-refractivity contribution in [3.63, 3.8) is 0 Å². The Morgan fingerprint density at radius 1 is 1.65 bits per heavy atom. The molecule has 1 aliphatic rings. The topological polar surface area (TPSA) is 107 Å². The number of nitrogens with two attached hydrogens (primary N) is 1. The first-order chi connectivity index (χ1) is 8.15. The first-order valence-electron chi connectivity index (χ1n) is 5.26. The van der Waals surface area contributed by atoms with E-state index in [2.05, 4.69) is 4.98 Å². The van der Waals surface area contributed by atoms with E-state index in [9.17, 15) is 9.59 Å². The van der Waals surface area contributed by atoms with Crippen LogP contribution in [0.1, 0.15) is 29.4 Å². The van der Waals surface area contributed by atoms with Crippen LogP contribution < -0.4 is 11.4 Å². The van der Waals surface area contributed by atoms with E-state index in [-0.39, 0.29) is 24.1 Å². The second-order valence-electron chi connectivity index (χ2n) is 3.86. The van der Waals surface area contributed by atoms with Crippen LogP contribution in [0.4, 0.5) is 5.82 Å². The number of anilines is 1. The molecule has 0 aliphatic carbocycles. The minimum absolute atomic E-state index is 0.0852. The highest BCUT2D eigenvalue weighted by Gasteiger charge is 2.27. The average Bonchev–Trinajstić information content (AvgIpc) is 2.78. The maximum atomic E-state index is 11.6. The molecule has 7 heteroatoms. The summed E-state index contributed by atoms with van der Waals surface area (Å²) in [6.45, 7) is -0.0891. The molecule has 3 N–H and O–H groups in total. The number of aromatic nitrogens is 2. The van der Waals surface area contributed by atoms with E-state index in [0.717, 1.165) is 0 Å². The lowest BCUT2D eigenvalue weighted by Gasteiger charge is -2.15. The highest BCUT2D eigenvalue weighted by Crippen LogP contribution is 2.26. The van der Waals surface area contributed by atoms with Crippen molar-refractivity contribution in [1.82, 2.24) is 9.55 Å². The number of aliphatic hydroxyl groups excluding tert-OH is 1. The standard InChI is InChI=1S/C10H13N3O4/c11-9-6(4-14)3-13(10(16)12-9)8-2-1-7(5-15)17-8/h3-4,7-8,15H,1-2,5H2,(H2,11,12,16). The molecule has 1 aliphatic heterocycles. The zero-order valence-electron chi connectivity index (χ0n) is 9.07. The van der Waals surface area contributed by atoms with E-state index in [1.54, 1.807) is 0 Å². The molecule has 0 aromatic carbocycles. The van der Waals surface area contributed by atoms with E-state index in [1.165, 1.54) is 10.8 Å². The number of rotatable bonds is 3. The summed E-state index contributed by atoms with van der Waals surface area (Å²) in [7, 11) is 0. The van der Waals surface area contributed by atoms with E-state index < -0.39 is 11.9 Å². The van der Waals surface area contributed by atoms with Gasteiger partial charge in [-0.15, -0.1) is 0 Å². The van der Waals surface area contributed by atoms with Gasteiger partial charge in [0.1, 0.15) is 12.0 Å². The smallest absolute Gasteiger partial charge is 0.351 e. The highest BCUT2D eigenvalue weighted by molar-refractivity contribution is 5.80. The summed E-state index contributed by atoms with van der Waals surface area (Å²) in [6, 6.07) is 0. The fourth-order valence-electron chi connectivity index (χ4n) is 1.82. The average molecular weight is 239 g/mol. The van der Waals surface area contributed by atoms with Crippen LogP contribution in [-0.2, 0) is 4.74 Å². The number of hydrogen-bond acceptors (Lipinski definition) is 6. The Balaban J connectivity index is 2.33. The van der Waals surface area contributed by atoms with Crippen LogP contribution in [-0.4, -0.2) is 33.7 Å². The molecule has 1 aromatic heterocycles. The van der Waals surface area contributed by atoms with Gasteiger partial charge in [-0.2, -0.15) is 4.98 Å². The van der Waals surface area contributed by atoms with Gasteiger partial charge in [-0.3, -0.25) is 9.36 Å². The Bertz CT molecular complexity index is 485. The van der Waals surface area contributed by atoms with Crippen molar-refractivity contribution in [2.75, 3.05) is 12.3 Å². The van der Waals surface area contributed by atoms with Gasteiger partial charge in [0, 0.05) is 6.20 Å². The van der Waals surface area contributed by atoms with Crippen LogP contribution in [0.3, 0.4) is 0 Å². The Morgan fingerprint density at radius 2 is 2.41 bits per heavy atom. The Kier molecular flexibility index (Phi) is 3.21. The number of aldehydes is 1. The van der Waals surface area contributed by atoms with Crippen LogP contribution in [0, 0.1) is 0 Å². The van der Waals surface area contributed by atoms with Crippen molar-refractivity contribution in [2.24, 2.45) is 0 Å². The van der Waals surface area contributed by atoms with E-state index in [0.29, 0.717) is 19.1 Å². The predicted octanol–water partition coefficient (Wildman–Crippen LogP) is -0.692. The summed E-state index contributed by atoms with van der Waals surface area (Å²) in [4.78, 5) is 25.9. The van der Waals surface area contributed by atoms with Crippen molar-refractivity contribution in [2.45, 2.75) is 25.2 Å². The molecule has 17 heavy (non-hydrogen) atoms. The third kappa shape index (κ3) is 2.20. The first-order valence-corrected chi connectivity index (χ1v) is 5.26. The molecule has 92 valence electrons. The normalized spacial score (nSPS) is 23.8. The molecule has 0 saturated carbocycles. The molecule has 1 saturated heterocycles. The molecule has 0 amide bonds. The number of hydrogen-bond donors (Lipinski definition) is 2. The lowest BCUT2D eigenvalue weighted by Crippen LogP contribution is -2.29. The molecule has 2 heterocycles. The van der Waals surface area contributed by atoms with Crippen LogP contribution in [0.25, 0.3) is 0 Å². The molecule has 0 radical (unpaired) electrons. The number of ether oxygens (including phenoxy) is 1. The maximum Gasteiger partial charge on any atom is 0.351 e. The monoisotopic (exact) mass is 239 g/mol. The summed E-state index contributed by atoms with van der Waals surface area (Å²) in [5, 5.41) is 8.94. The summed E-state index contributed by atoms with van der Waals surface area (Å²) >= 11 is 0. The van der Waals surface area contributed by atoms with Gasteiger partial charge in [0.25, 0.3) is 0 Å². The maximum absolute atomic E-state index is 11.6. The fraction of sp³-hybridized carbons (Fsp3) is 0.500. The molecule has 1 fully saturated rings. The first kappa shape index (κ1) is 11.7.